The van der Waals surface area contributed by atoms with Gasteiger partial charge in [0.25, 0.3) is 5.91 Å². The Morgan fingerprint density at radius 1 is 1.23 bits per heavy atom. The molecule has 2 aliphatic rings. The first-order valence-corrected chi connectivity index (χ1v) is 8.53. The summed E-state index contributed by atoms with van der Waals surface area (Å²) in [6.07, 6.45) is 4.81. The molecule has 0 saturated carbocycles. The van der Waals surface area contributed by atoms with Crippen LogP contribution in [0.3, 0.4) is 0 Å². The van der Waals surface area contributed by atoms with Crippen molar-refractivity contribution < 1.29 is 4.79 Å². The van der Waals surface area contributed by atoms with E-state index in [4.69, 9.17) is 0 Å². The number of carbonyl (C=O) groups excluding carboxylic acids is 1. The number of benzene rings is 1. The lowest BCUT2D eigenvalue weighted by atomic mass is 9.90. The third kappa shape index (κ3) is 3.68. The van der Waals surface area contributed by atoms with Crippen LogP contribution in [0.25, 0.3) is 0 Å². The van der Waals surface area contributed by atoms with E-state index in [1.165, 1.54) is 31.2 Å². The molecule has 2 N–H and O–H groups in total. The van der Waals surface area contributed by atoms with E-state index in [9.17, 15) is 4.79 Å². The van der Waals surface area contributed by atoms with Crippen molar-refractivity contribution in [1.29, 1.82) is 0 Å². The van der Waals surface area contributed by atoms with Gasteiger partial charge in [-0.3, -0.25) is 4.79 Å². The first kappa shape index (κ1) is 15.5. The lowest BCUT2D eigenvalue weighted by molar-refractivity contribution is 0.0943. The smallest absolute Gasteiger partial charge is 0.251 e. The number of likely N-dealkylation sites (N-methyl/N-ethyl adjacent to an activating group) is 1. The van der Waals surface area contributed by atoms with Crippen LogP contribution >= 0.6 is 0 Å². The molecule has 1 aromatic rings. The van der Waals surface area contributed by atoms with Crippen LogP contribution in [-0.4, -0.2) is 50.1 Å². The van der Waals surface area contributed by atoms with Gasteiger partial charge in [-0.05, 0) is 76.0 Å². The highest BCUT2D eigenvalue weighted by molar-refractivity contribution is 5.94. The maximum absolute atomic E-state index is 12.3. The Hall–Kier alpha value is -1.39. The largest absolute Gasteiger partial charge is 0.350 e. The van der Waals surface area contributed by atoms with Crippen LogP contribution < -0.4 is 10.6 Å². The molecule has 2 aliphatic heterocycles. The van der Waals surface area contributed by atoms with Crippen molar-refractivity contribution in [1.82, 2.24) is 15.5 Å². The monoisotopic (exact) mass is 301 g/mol. The van der Waals surface area contributed by atoms with Crippen LogP contribution in [0, 0.1) is 0 Å². The summed E-state index contributed by atoms with van der Waals surface area (Å²) >= 11 is 0. The van der Waals surface area contributed by atoms with Gasteiger partial charge in [0, 0.05) is 18.2 Å². The zero-order valence-corrected chi connectivity index (χ0v) is 13.5. The fraction of sp³-hybridized carbons (Fsp3) is 0.611. The van der Waals surface area contributed by atoms with Crippen molar-refractivity contribution in [3.63, 3.8) is 0 Å². The van der Waals surface area contributed by atoms with E-state index in [0.29, 0.717) is 12.0 Å². The number of nitrogens with one attached hydrogen (secondary N) is 2. The Morgan fingerprint density at radius 3 is 2.59 bits per heavy atom. The van der Waals surface area contributed by atoms with Gasteiger partial charge in [0.1, 0.15) is 0 Å². The lowest BCUT2D eigenvalue weighted by Gasteiger charge is -2.23. The Kier molecular flexibility index (Phi) is 5.11. The molecule has 4 nitrogen and oxygen atoms in total. The average molecular weight is 301 g/mol. The Balaban J connectivity index is 1.54. The van der Waals surface area contributed by atoms with E-state index in [1.807, 2.05) is 12.1 Å². The molecular formula is C18H27N3O. The fourth-order valence-electron chi connectivity index (χ4n) is 3.61. The van der Waals surface area contributed by atoms with E-state index in [0.717, 1.165) is 31.7 Å². The molecule has 120 valence electrons. The molecular weight excluding hydrogens is 274 g/mol. The first-order chi connectivity index (χ1) is 10.7. The normalized spacial score (nSPS) is 23.6. The average Bonchev–Trinajstić information content (AvgIpc) is 2.99. The molecule has 0 aromatic heterocycles. The molecule has 22 heavy (non-hydrogen) atoms. The van der Waals surface area contributed by atoms with Crippen LogP contribution in [0.4, 0.5) is 0 Å². The predicted octanol–water partition coefficient (Wildman–Crippen LogP) is 1.98. The number of likely N-dealkylation sites (tertiary alicyclic amines) is 1. The first-order valence-electron chi connectivity index (χ1n) is 8.53. The Labute approximate surface area is 133 Å². The quantitative estimate of drug-likeness (QED) is 0.894. The maximum Gasteiger partial charge on any atom is 0.251 e. The number of nitrogens with zero attached hydrogens (tertiary/aromatic N) is 1. The molecule has 0 unspecified atom stereocenters. The molecule has 0 spiro atoms. The maximum atomic E-state index is 12.3. The highest BCUT2D eigenvalue weighted by atomic mass is 16.1. The van der Waals surface area contributed by atoms with Crippen molar-refractivity contribution in [3.05, 3.63) is 35.4 Å². The van der Waals surface area contributed by atoms with Gasteiger partial charge >= 0.3 is 0 Å². The summed E-state index contributed by atoms with van der Waals surface area (Å²) in [6, 6.07) is 8.72. The fourth-order valence-corrected chi connectivity index (χ4v) is 3.61. The SMILES string of the molecule is CN1CCC[C@H]1CNC(=O)c1ccc(C2CCNCC2)cc1. The van der Waals surface area contributed by atoms with Gasteiger partial charge in [0.15, 0.2) is 0 Å². The van der Waals surface area contributed by atoms with Crippen molar-refractivity contribution in [2.45, 2.75) is 37.6 Å². The second-order valence-electron chi connectivity index (χ2n) is 6.63. The van der Waals surface area contributed by atoms with Gasteiger partial charge in [-0.2, -0.15) is 0 Å². The predicted molar refractivity (Wildman–Crippen MR) is 89.3 cm³/mol. The molecule has 3 rings (SSSR count). The molecule has 0 radical (unpaired) electrons. The third-order valence-corrected chi connectivity index (χ3v) is 5.15. The number of hydrogen-bond acceptors (Lipinski definition) is 3. The number of hydrogen-bond donors (Lipinski definition) is 2. The van der Waals surface area contributed by atoms with Gasteiger partial charge in [-0.25, -0.2) is 0 Å². The van der Waals surface area contributed by atoms with E-state index in [1.54, 1.807) is 0 Å². The van der Waals surface area contributed by atoms with E-state index in [-0.39, 0.29) is 5.91 Å². The van der Waals surface area contributed by atoms with Gasteiger partial charge in [0.05, 0.1) is 0 Å². The second-order valence-corrected chi connectivity index (χ2v) is 6.63. The summed E-state index contributed by atoms with van der Waals surface area (Å²) in [7, 11) is 2.14. The van der Waals surface area contributed by atoms with Gasteiger partial charge in [0.2, 0.25) is 0 Å². The molecule has 0 aliphatic carbocycles. The van der Waals surface area contributed by atoms with Crippen LogP contribution in [-0.2, 0) is 0 Å². The minimum Gasteiger partial charge on any atom is -0.350 e. The van der Waals surface area contributed by atoms with Crippen LogP contribution in [0.5, 0.6) is 0 Å². The second kappa shape index (κ2) is 7.25. The standard InChI is InChI=1S/C18H27N3O/c1-21-12-2-3-17(21)13-20-18(22)16-6-4-14(5-7-16)15-8-10-19-11-9-15/h4-7,15,17,19H,2-3,8-13H2,1H3,(H,20,22)/t17-/m0/s1. The highest BCUT2D eigenvalue weighted by Gasteiger charge is 2.21. The highest BCUT2D eigenvalue weighted by Crippen LogP contribution is 2.25. The van der Waals surface area contributed by atoms with Crippen LogP contribution in [0.1, 0.15) is 47.5 Å². The molecule has 1 atom stereocenters. The Bertz CT molecular complexity index is 494. The Morgan fingerprint density at radius 2 is 1.95 bits per heavy atom. The molecule has 2 heterocycles. The van der Waals surface area contributed by atoms with Gasteiger partial charge in [-0.15, -0.1) is 0 Å². The van der Waals surface area contributed by atoms with Crippen molar-refractivity contribution >= 4 is 5.91 Å². The summed E-state index contributed by atoms with van der Waals surface area (Å²) in [5.74, 6) is 0.697. The summed E-state index contributed by atoms with van der Waals surface area (Å²) in [5, 5.41) is 6.47. The summed E-state index contributed by atoms with van der Waals surface area (Å²) in [4.78, 5) is 14.6. The van der Waals surface area contributed by atoms with Gasteiger partial charge in [-0.1, -0.05) is 12.1 Å². The van der Waals surface area contributed by atoms with Crippen molar-refractivity contribution in [2.75, 3.05) is 33.2 Å². The number of amides is 1. The summed E-state index contributed by atoms with van der Waals surface area (Å²) in [5.41, 5.74) is 2.15. The molecule has 2 saturated heterocycles. The van der Waals surface area contributed by atoms with Crippen LogP contribution in [0.2, 0.25) is 0 Å². The molecule has 2 fully saturated rings. The molecule has 1 aromatic carbocycles. The summed E-state index contributed by atoms with van der Waals surface area (Å²) in [6.45, 7) is 4.10. The third-order valence-electron chi connectivity index (χ3n) is 5.15. The van der Waals surface area contributed by atoms with Crippen molar-refractivity contribution in [2.24, 2.45) is 0 Å². The minimum atomic E-state index is 0.0529. The van der Waals surface area contributed by atoms with Crippen LogP contribution in [0.15, 0.2) is 24.3 Å². The molecule has 0 bridgehead atoms. The van der Waals surface area contributed by atoms with Gasteiger partial charge < -0.3 is 15.5 Å². The van der Waals surface area contributed by atoms with E-state index in [2.05, 4.69) is 34.7 Å². The zero-order chi connectivity index (χ0) is 15.4. The molecule has 1 amide bonds. The van der Waals surface area contributed by atoms with E-state index >= 15 is 0 Å². The minimum absolute atomic E-state index is 0.0529. The van der Waals surface area contributed by atoms with E-state index < -0.39 is 0 Å². The number of carbonyl (C=O) groups is 1. The zero-order valence-electron chi connectivity index (χ0n) is 13.5. The summed E-state index contributed by atoms with van der Waals surface area (Å²) < 4.78 is 0. The number of rotatable bonds is 4. The topological polar surface area (TPSA) is 44.4 Å². The lowest BCUT2D eigenvalue weighted by Crippen LogP contribution is -2.38. The van der Waals surface area contributed by atoms with Crippen molar-refractivity contribution in [3.8, 4) is 0 Å². The molecule has 4 heteroatoms. The number of piperidine rings is 1.